The van der Waals surface area contributed by atoms with Crippen LogP contribution in [0.5, 0.6) is 0 Å². The van der Waals surface area contributed by atoms with Crippen molar-refractivity contribution in [2.24, 2.45) is 11.1 Å². The maximum Gasteiger partial charge on any atom is 0.126 e. The van der Waals surface area contributed by atoms with Crippen LogP contribution in [0.15, 0.2) is 0 Å². The van der Waals surface area contributed by atoms with Gasteiger partial charge in [-0.15, -0.1) is 0 Å². The van der Waals surface area contributed by atoms with E-state index in [4.69, 9.17) is 5.73 Å². The Labute approximate surface area is 69.2 Å². The highest BCUT2D eigenvalue weighted by Gasteiger charge is 2.23. The van der Waals surface area contributed by atoms with Gasteiger partial charge in [-0.2, -0.15) is 0 Å². The highest BCUT2D eigenvalue weighted by molar-refractivity contribution is 5.58. The molecule has 0 aliphatic carbocycles. The Morgan fingerprint density at radius 3 is 2.18 bits per heavy atom. The molecule has 0 saturated heterocycles. The van der Waals surface area contributed by atoms with Gasteiger partial charge in [-0.3, -0.25) is 0 Å². The fourth-order valence-corrected chi connectivity index (χ4v) is 1.28. The summed E-state index contributed by atoms with van der Waals surface area (Å²) in [6.07, 6.45) is 4.88. The zero-order valence-corrected chi connectivity index (χ0v) is 7.60. The molecular weight excluding hydrogens is 138 g/mol. The largest absolute Gasteiger partial charge is 0.330 e. The van der Waals surface area contributed by atoms with E-state index in [1.54, 1.807) is 0 Å². The van der Waals surface area contributed by atoms with Crippen molar-refractivity contribution in [1.82, 2.24) is 0 Å². The van der Waals surface area contributed by atoms with E-state index in [0.717, 1.165) is 32.0 Å². The van der Waals surface area contributed by atoms with Crippen LogP contribution in [-0.4, -0.2) is 12.8 Å². The number of hydrogen-bond donors (Lipinski definition) is 1. The van der Waals surface area contributed by atoms with E-state index in [9.17, 15) is 4.79 Å². The smallest absolute Gasteiger partial charge is 0.126 e. The average Bonchev–Trinajstić information content (AvgIpc) is 2.08. The van der Waals surface area contributed by atoms with Crippen molar-refractivity contribution >= 4 is 6.29 Å². The predicted octanol–water partition coefficient (Wildman–Crippen LogP) is 1.73. The van der Waals surface area contributed by atoms with Crippen LogP contribution in [0.1, 0.15) is 39.5 Å². The van der Waals surface area contributed by atoms with E-state index in [1.807, 2.05) is 0 Å². The van der Waals surface area contributed by atoms with Gasteiger partial charge in [0.05, 0.1) is 0 Å². The van der Waals surface area contributed by atoms with Gasteiger partial charge in [0.15, 0.2) is 0 Å². The summed E-state index contributed by atoms with van der Waals surface area (Å²) >= 11 is 0. The Morgan fingerprint density at radius 2 is 1.91 bits per heavy atom. The van der Waals surface area contributed by atoms with Gasteiger partial charge in [0, 0.05) is 5.41 Å². The summed E-state index contributed by atoms with van der Waals surface area (Å²) in [4.78, 5) is 10.8. The summed E-state index contributed by atoms with van der Waals surface area (Å²) in [6, 6.07) is 0. The molecule has 0 fully saturated rings. The summed E-state index contributed by atoms with van der Waals surface area (Å²) < 4.78 is 0. The van der Waals surface area contributed by atoms with Crippen LogP contribution in [0.4, 0.5) is 0 Å². The van der Waals surface area contributed by atoms with Gasteiger partial charge in [0.25, 0.3) is 0 Å². The standard InChI is InChI=1S/C9H19NO/c1-3-9(4-2,8-11)6-5-7-10/h8H,3-7,10H2,1-2H3. The normalized spacial score (nSPS) is 11.5. The molecule has 66 valence electrons. The van der Waals surface area contributed by atoms with E-state index in [2.05, 4.69) is 13.8 Å². The highest BCUT2D eigenvalue weighted by Crippen LogP contribution is 2.28. The molecule has 0 aromatic rings. The summed E-state index contributed by atoms with van der Waals surface area (Å²) in [5.41, 5.74) is 5.30. The number of aldehydes is 1. The number of rotatable bonds is 6. The fraction of sp³-hybridized carbons (Fsp3) is 0.889. The summed E-state index contributed by atoms with van der Waals surface area (Å²) in [5, 5.41) is 0. The highest BCUT2D eigenvalue weighted by atomic mass is 16.1. The third kappa shape index (κ3) is 3.02. The molecule has 0 rings (SSSR count). The molecule has 2 N–H and O–H groups in total. The number of carbonyl (C=O) groups excluding carboxylic acids is 1. The minimum absolute atomic E-state index is 0.0840. The molecule has 0 aliphatic heterocycles. The summed E-state index contributed by atoms with van der Waals surface area (Å²) in [6.45, 7) is 4.82. The minimum Gasteiger partial charge on any atom is -0.330 e. The van der Waals surface area contributed by atoms with Crippen molar-refractivity contribution in [2.45, 2.75) is 39.5 Å². The van der Waals surface area contributed by atoms with E-state index in [-0.39, 0.29) is 5.41 Å². The Morgan fingerprint density at radius 1 is 1.36 bits per heavy atom. The van der Waals surface area contributed by atoms with Crippen LogP contribution in [0, 0.1) is 5.41 Å². The molecule has 0 amide bonds. The molecule has 0 unspecified atom stereocenters. The summed E-state index contributed by atoms with van der Waals surface area (Å²) in [7, 11) is 0. The topological polar surface area (TPSA) is 43.1 Å². The van der Waals surface area contributed by atoms with Gasteiger partial charge >= 0.3 is 0 Å². The molecular formula is C9H19NO. The van der Waals surface area contributed by atoms with E-state index in [0.29, 0.717) is 6.54 Å². The average molecular weight is 157 g/mol. The quantitative estimate of drug-likeness (QED) is 0.597. The van der Waals surface area contributed by atoms with Gasteiger partial charge in [-0.1, -0.05) is 13.8 Å². The second-order valence-electron chi connectivity index (χ2n) is 3.08. The van der Waals surface area contributed by atoms with Crippen LogP contribution >= 0.6 is 0 Å². The first kappa shape index (κ1) is 10.6. The molecule has 0 aliphatic rings. The van der Waals surface area contributed by atoms with Crippen molar-refractivity contribution in [1.29, 1.82) is 0 Å². The lowest BCUT2D eigenvalue weighted by atomic mass is 9.80. The molecule has 2 nitrogen and oxygen atoms in total. The van der Waals surface area contributed by atoms with Gasteiger partial charge in [0.2, 0.25) is 0 Å². The first-order valence-electron chi connectivity index (χ1n) is 4.41. The van der Waals surface area contributed by atoms with Crippen molar-refractivity contribution in [3.05, 3.63) is 0 Å². The number of carbonyl (C=O) groups is 1. The van der Waals surface area contributed by atoms with Crippen LogP contribution < -0.4 is 5.73 Å². The maximum atomic E-state index is 10.8. The van der Waals surface area contributed by atoms with Crippen LogP contribution in [0.3, 0.4) is 0 Å². The van der Waals surface area contributed by atoms with E-state index >= 15 is 0 Å². The Bertz CT molecular complexity index is 108. The first-order chi connectivity index (χ1) is 5.24. The molecule has 0 bridgehead atoms. The zero-order valence-electron chi connectivity index (χ0n) is 7.60. The Kier molecular flexibility index (Phi) is 5.12. The zero-order chi connectivity index (χ0) is 8.74. The van der Waals surface area contributed by atoms with Gasteiger partial charge in [0.1, 0.15) is 6.29 Å². The van der Waals surface area contributed by atoms with Gasteiger partial charge in [-0.25, -0.2) is 0 Å². The molecule has 0 heterocycles. The molecule has 0 aromatic carbocycles. The third-order valence-electron chi connectivity index (χ3n) is 2.54. The van der Waals surface area contributed by atoms with Crippen molar-refractivity contribution in [3.8, 4) is 0 Å². The van der Waals surface area contributed by atoms with E-state index < -0.39 is 0 Å². The second-order valence-corrected chi connectivity index (χ2v) is 3.08. The fourth-order valence-electron chi connectivity index (χ4n) is 1.28. The molecule has 0 saturated carbocycles. The molecule has 11 heavy (non-hydrogen) atoms. The number of hydrogen-bond acceptors (Lipinski definition) is 2. The third-order valence-corrected chi connectivity index (χ3v) is 2.54. The molecule has 0 spiro atoms. The monoisotopic (exact) mass is 157 g/mol. The van der Waals surface area contributed by atoms with Crippen LogP contribution in [0.2, 0.25) is 0 Å². The Hall–Kier alpha value is -0.370. The van der Waals surface area contributed by atoms with Crippen molar-refractivity contribution in [3.63, 3.8) is 0 Å². The first-order valence-corrected chi connectivity index (χ1v) is 4.41. The SMILES string of the molecule is CCC(C=O)(CC)CCCN. The van der Waals surface area contributed by atoms with Crippen molar-refractivity contribution in [2.75, 3.05) is 6.54 Å². The Balaban J connectivity index is 3.94. The predicted molar refractivity (Wildman–Crippen MR) is 47.4 cm³/mol. The second kappa shape index (κ2) is 5.30. The summed E-state index contributed by atoms with van der Waals surface area (Å²) in [5.74, 6) is 0. The van der Waals surface area contributed by atoms with E-state index in [1.165, 1.54) is 0 Å². The van der Waals surface area contributed by atoms with Gasteiger partial charge < -0.3 is 10.5 Å². The van der Waals surface area contributed by atoms with Crippen LogP contribution in [0.25, 0.3) is 0 Å². The number of nitrogens with two attached hydrogens (primary N) is 1. The molecule has 0 aromatic heterocycles. The maximum absolute atomic E-state index is 10.8. The van der Waals surface area contributed by atoms with Crippen molar-refractivity contribution < 1.29 is 4.79 Å². The molecule has 0 radical (unpaired) electrons. The van der Waals surface area contributed by atoms with Gasteiger partial charge in [-0.05, 0) is 32.2 Å². The lowest BCUT2D eigenvalue weighted by Gasteiger charge is -2.24. The lowest BCUT2D eigenvalue weighted by molar-refractivity contribution is -0.117. The molecule has 0 atom stereocenters. The molecule has 2 heteroatoms. The van der Waals surface area contributed by atoms with Crippen LogP contribution in [-0.2, 0) is 4.79 Å². The minimum atomic E-state index is -0.0840. The lowest BCUT2D eigenvalue weighted by Crippen LogP contribution is -2.21.